The third kappa shape index (κ3) is 3.40. The maximum Gasteiger partial charge on any atom is 0.368 e. The average Bonchev–Trinajstić information content (AvgIpc) is 2.96. The van der Waals surface area contributed by atoms with Crippen LogP contribution in [0.15, 0.2) is 59.4 Å². The quantitative estimate of drug-likeness (QED) is 0.761. The Kier molecular flexibility index (Phi) is 4.51. The Balaban J connectivity index is 1.66. The normalized spacial score (nSPS) is 10.5. The zero-order valence-corrected chi connectivity index (χ0v) is 13.2. The molecule has 0 radical (unpaired) electrons. The van der Waals surface area contributed by atoms with Crippen molar-refractivity contribution in [2.45, 2.75) is 20.0 Å². The molecule has 1 heterocycles. The highest BCUT2D eigenvalue weighted by molar-refractivity contribution is 5.75. The summed E-state index contributed by atoms with van der Waals surface area (Å²) in [7, 11) is 0. The van der Waals surface area contributed by atoms with Gasteiger partial charge in [-0.2, -0.15) is 9.36 Å². The highest BCUT2D eigenvalue weighted by Gasteiger charge is 2.12. The number of hydrogen-bond acceptors (Lipinski definition) is 4. The molecule has 7 heteroatoms. The first-order valence-electron chi connectivity index (χ1n) is 7.54. The smallest absolute Gasteiger partial charge is 0.350 e. The summed E-state index contributed by atoms with van der Waals surface area (Å²) in [6.07, 6.45) is 0. The molecule has 0 saturated carbocycles. The van der Waals surface area contributed by atoms with E-state index in [1.54, 1.807) is 24.3 Å². The van der Waals surface area contributed by atoms with Crippen LogP contribution in [0.1, 0.15) is 11.1 Å². The van der Waals surface area contributed by atoms with Crippen molar-refractivity contribution in [3.8, 4) is 5.69 Å². The van der Waals surface area contributed by atoms with Crippen LogP contribution in [0.5, 0.6) is 0 Å². The van der Waals surface area contributed by atoms with Crippen molar-refractivity contribution in [3.63, 3.8) is 0 Å². The molecule has 0 aliphatic heterocycles. The van der Waals surface area contributed by atoms with Crippen molar-refractivity contribution in [2.24, 2.45) is 0 Å². The maximum absolute atomic E-state index is 12.3. The Morgan fingerprint density at radius 1 is 1.04 bits per heavy atom. The van der Waals surface area contributed by atoms with Gasteiger partial charge in [0, 0.05) is 6.54 Å². The molecule has 0 atom stereocenters. The van der Waals surface area contributed by atoms with E-state index in [9.17, 15) is 9.59 Å². The number of tetrazole rings is 1. The van der Waals surface area contributed by atoms with Crippen LogP contribution in [0, 0.1) is 6.92 Å². The Morgan fingerprint density at radius 2 is 1.75 bits per heavy atom. The summed E-state index contributed by atoms with van der Waals surface area (Å²) in [4.78, 5) is 24.3. The van der Waals surface area contributed by atoms with Crippen molar-refractivity contribution in [2.75, 3.05) is 0 Å². The SMILES string of the molecule is Cc1ccccc1CNC(=O)Cn1nnn(-c2ccccc2)c1=O. The summed E-state index contributed by atoms with van der Waals surface area (Å²) in [6, 6.07) is 16.7. The summed E-state index contributed by atoms with van der Waals surface area (Å²) in [5, 5.41) is 10.4. The standard InChI is InChI=1S/C17H17N5O2/c1-13-7-5-6-8-14(13)11-18-16(23)12-21-17(24)22(20-19-21)15-9-3-2-4-10-15/h2-10H,11-12H2,1H3,(H,18,23). The van der Waals surface area contributed by atoms with Gasteiger partial charge in [0.15, 0.2) is 0 Å². The lowest BCUT2D eigenvalue weighted by Crippen LogP contribution is -2.33. The van der Waals surface area contributed by atoms with E-state index in [2.05, 4.69) is 15.7 Å². The van der Waals surface area contributed by atoms with Crippen LogP contribution < -0.4 is 11.0 Å². The van der Waals surface area contributed by atoms with E-state index >= 15 is 0 Å². The van der Waals surface area contributed by atoms with Gasteiger partial charge in [-0.15, -0.1) is 0 Å². The molecule has 0 aliphatic carbocycles. The van der Waals surface area contributed by atoms with Crippen molar-refractivity contribution >= 4 is 5.91 Å². The van der Waals surface area contributed by atoms with Crippen LogP contribution in [-0.2, 0) is 17.9 Å². The molecule has 0 spiro atoms. The summed E-state index contributed by atoms with van der Waals surface area (Å²) < 4.78 is 2.20. The van der Waals surface area contributed by atoms with Gasteiger partial charge in [-0.25, -0.2) is 4.79 Å². The van der Waals surface area contributed by atoms with Crippen molar-refractivity contribution in [3.05, 3.63) is 76.2 Å². The van der Waals surface area contributed by atoms with E-state index in [1.807, 2.05) is 37.3 Å². The molecule has 1 N–H and O–H groups in total. The fourth-order valence-corrected chi connectivity index (χ4v) is 2.30. The second kappa shape index (κ2) is 6.91. The second-order valence-corrected chi connectivity index (χ2v) is 5.37. The molecule has 1 amide bonds. The van der Waals surface area contributed by atoms with Gasteiger partial charge in [-0.3, -0.25) is 4.79 Å². The Hall–Kier alpha value is -3.22. The van der Waals surface area contributed by atoms with Gasteiger partial charge >= 0.3 is 5.69 Å². The molecule has 0 bridgehead atoms. The molecule has 3 aromatic rings. The topological polar surface area (TPSA) is 81.8 Å². The lowest BCUT2D eigenvalue weighted by molar-refractivity contribution is -0.122. The number of hydrogen-bond donors (Lipinski definition) is 1. The Morgan fingerprint density at radius 3 is 2.50 bits per heavy atom. The zero-order chi connectivity index (χ0) is 16.9. The van der Waals surface area contributed by atoms with Gasteiger partial charge in [0.05, 0.1) is 5.69 Å². The Bertz CT molecular complexity index is 899. The predicted octanol–water partition coefficient (Wildman–Crippen LogP) is 1.05. The minimum atomic E-state index is -0.452. The monoisotopic (exact) mass is 323 g/mol. The molecule has 0 aliphatic rings. The van der Waals surface area contributed by atoms with E-state index in [0.717, 1.165) is 20.5 Å². The first-order valence-corrected chi connectivity index (χ1v) is 7.54. The number of aryl methyl sites for hydroxylation is 1. The number of carbonyl (C=O) groups is 1. The van der Waals surface area contributed by atoms with Crippen molar-refractivity contribution in [1.82, 2.24) is 25.1 Å². The van der Waals surface area contributed by atoms with Gasteiger partial charge < -0.3 is 5.32 Å². The van der Waals surface area contributed by atoms with Crippen LogP contribution in [0.3, 0.4) is 0 Å². The number of benzene rings is 2. The van der Waals surface area contributed by atoms with Crippen LogP contribution in [0.25, 0.3) is 5.69 Å². The van der Waals surface area contributed by atoms with E-state index in [-0.39, 0.29) is 12.5 Å². The summed E-state index contributed by atoms with van der Waals surface area (Å²) in [5.74, 6) is -0.291. The average molecular weight is 323 g/mol. The fourth-order valence-electron chi connectivity index (χ4n) is 2.30. The van der Waals surface area contributed by atoms with Crippen molar-refractivity contribution in [1.29, 1.82) is 0 Å². The first-order chi connectivity index (χ1) is 11.6. The molecular formula is C17H17N5O2. The van der Waals surface area contributed by atoms with Gasteiger partial charge in [-0.1, -0.05) is 42.5 Å². The van der Waals surface area contributed by atoms with E-state index in [4.69, 9.17) is 0 Å². The lowest BCUT2D eigenvalue weighted by Gasteiger charge is -2.07. The number of amides is 1. The number of nitrogens with zero attached hydrogens (tertiary/aromatic N) is 4. The molecule has 0 unspecified atom stereocenters. The second-order valence-electron chi connectivity index (χ2n) is 5.37. The molecule has 7 nitrogen and oxygen atoms in total. The third-order valence-corrected chi connectivity index (χ3v) is 3.67. The van der Waals surface area contributed by atoms with Gasteiger partial charge in [-0.05, 0) is 40.6 Å². The summed E-state index contributed by atoms with van der Waals surface area (Å²) >= 11 is 0. The molecule has 1 aromatic heterocycles. The minimum Gasteiger partial charge on any atom is -0.350 e. The minimum absolute atomic E-state index is 0.169. The number of rotatable bonds is 5. The van der Waals surface area contributed by atoms with E-state index in [1.165, 1.54) is 0 Å². The van der Waals surface area contributed by atoms with Gasteiger partial charge in [0.1, 0.15) is 6.54 Å². The number of aromatic nitrogens is 4. The van der Waals surface area contributed by atoms with Crippen molar-refractivity contribution < 1.29 is 4.79 Å². The highest BCUT2D eigenvalue weighted by Crippen LogP contribution is 2.06. The summed E-state index contributed by atoms with van der Waals surface area (Å²) in [5.41, 5.74) is 2.29. The Labute approximate surface area is 138 Å². The highest BCUT2D eigenvalue weighted by atomic mass is 16.2. The molecule has 0 saturated heterocycles. The maximum atomic E-state index is 12.3. The lowest BCUT2D eigenvalue weighted by atomic mass is 10.1. The van der Waals surface area contributed by atoms with E-state index < -0.39 is 5.69 Å². The first kappa shape index (κ1) is 15.7. The number of nitrogens with one attached hydrogen (secondary N) is 1. The third-order valence-electron chi connectivity index (χ3n) is 3.67. The van der Waals surface area contributed by atoms with Gasteiger partial charge in [0.25, 0.3) is 0 Å². The van der Waals surface area contributed by atoms with Crippen LogP contribution in [-0.4, -0.2) is 25.7 Å². The fraction of sp³-hybridized carbons (Fsp3) is 0.176. The summed E-state index contributed by atoms with van der Waals surface area (Å²) in [6.45, 7) is 2.22. The van der Waals surface area contributed by atoms with Crippen LogP contribution >= 0.6 is 0 Å². The van der Waals surface area contributed by atoms with E-state index in [0.29, 0.717) is 12.2 Å². The zero-order valence-electron chi connectivity index (χ0n) is 13.2. The van der Waals surface area contributed by atoms with Crippen LogP contribution in [0.2, 0.25) is 0 Å². The number of para-hydroxylation sites is 1. The molecular weight excluding hydrogens is 306 g/mol. The molecule has 122 valence electrons. The predicted molar refractivity (Wildman–Crippen MR) is 88.6 cm³/mol. The van der Waals surface area contributed by atoms with Crippen LogP contribution in [0.4, 0.5) is 0 Å². The molecule has 2 aromatic carbocycles. The molecule has 0 fully saturated rings. The van der Waals surface area contributed by atoms with Gasteiger partial charge in [0.2, 0.25) is 5.91 Å². The molecule has 3 rings (SSSR count). The molecule has 24 heavy (non-hydrogen) atoms. The number of carbonyl (C=O) groups excluding carboxylic acids is 1. The largest absolute Gasteiger partial charge is 0.368 e.